The fourth-order valence-electron chi connectivity index (χ4n) is 19.1. The van der Waals surface area contributed by atoms with Crippen molar-refractivity contribution in [2.45, 2.75) is 13.8 Å². The van der Waals surface area contributed by atoms with E-state index in [1.807, 2.05) is 42.5 Å². The molecule has 0 radical (unpaired) electrons. The van der Waals surface area contributed by atoms with E-state index in [1.54, 1.807) is 0 Å². The number of benzene rings is 20. The van der Waals surface area contributed by atoms with Crippen molar-refractivity contribution in [2.75, 3.05) is 0 Å². The van der Waals surface area contributed by atoms with Crippen LogP contribution in [0.15, 0.2) is 413 Å². The van der Waals surface area contributed by atoms with Crippen LogP contribution in [0.4, 0.5) is 0 Å². The van der Waals surface area contributed by atoms with Crippen molar-refractivity contribution in [1.82, 2.24) is 33.6 Å². The number of hydrogen-bond acceptors (Lipinski definition) is 4. The lowest BCUT2D eigenvalue weighted by atomic mass is 9.98. The van der Waals surface area contributed by atoms with E-state index in [0.717, 1.165) is 112 Å². The quantitative estimate of drug-likeness (QED) is 0.159. The summed E-state index contributed by atoms with van der Waals surface area (Å²) in [7, 11) is 0. The molecule has 0 saturated carbocycles. The summed E-state index contributed by atoms with van der Waals surface area (Å²) in [6, 6.07) is 147. The maximum absolute atomic E-state index is 6.59. The molecule has 0 atom stereocenters. The van der Waals surface area contributed by atoms with E-state index in [1.165, 1.54) is 131 Å². The maximum Gasteiger partial charge on any atom is 0.165 e. The Labute approximate surface area is 708 Å². The van der Waals surface area contributed by atoms with Crippen LogP contribution in [0.25, 0.3) is 225 Å². The van der Waals surface area contributed by atoms with Gasteiger partial charge in [-0.1, -0.05) is 334 Å². The maximum atomic E-state index is 6.59. The zero-order valence-corrected chi connectivity index (χ0v) is 66.2. The van der Waals surface area contributed by atoms with E-state index in [2.05, 4.69) is 384 Å². The van der Waals surface area contributed by atoms with E-state index in [9.17, 15) is 0 Å². The molecule has 0 unspecified atom stereocenters. The number of aromatic nitrogens is 7. The molecule has 572 valence electrons. The highest BCUT2D eigenvalue weighted by molar-refractivity contribution is 6.33. The van der Waals surface area contributed by atoms with Crippen molar-refractivity contribution in [2.24, 2.45) is 0 Å². The first-order valence-corrected chi connectivity index (χ1v) is 41.6. The summed E-state index contributed by atoms with van der Waals surface area (Å²) in [5, 5.41) is 22.8. The molecule has 0 saturated heterocycles. The van der Waals surface area contributed by atoms with Crippen molar-refractivity contribution < 1.29 is 0 Å². The molecule has 0 bridgehead atoms. The van der Waals surface area contributed by atoms with Gasteiger partial charge in [-0.05, 0) is 213 Å². The van der Waals surface area contributed by atoms with Gasteiger partial charge in [-0.2, -0.15) is 0 Å². The molecule has 25 aromatic rings. The highest BCUT2D eigenvalue weighted by atomic mass is 35.5. The number of nitrogens with zero attached hydrogens (tertiary/aromatic N) is 7. The first kappa shape index (κ1) is 71.6. The van der Waals surface area contributed by atoms with Crippen molar-refractivity contribution in [3.8, 4) is 73.2 Å². The molecule has 0 spiro atoms. The van der Waals surface area contributed by atoms with E-state index in [-0.39, 0.29) is 7.43 Å². The monoisotopic (exact) mass is 1580 g/mol. The predicted octanol–water partition coefficient (Wildman–Crippen LogP) is 30.7. The Morgan fingerprint density at radius 1 is 0.221 bits per heavy atom. The van der Waals surface area contributed by atoms with Crippen LogP contribution in [0.2, 0.25) is 5.02 Å². The summed E-state index contributed by atoms with van der Waals surface area (Å²) in [6.07, 6.45) is 1.08. The Bertz CT molecular complexity index is 8590. The van der Waals surface area contributed by atoms with E-state index in [0.29, 0.717) is 5.02 Å². The molecule has 26 rings (SSSR count). The van der Waals surface area contributed by atoms with E-state index >= 15 is 0 Å². The Hall–Kier alpha value is -15.7. The van der Waals surface area contributed by atoms with E-state index in [4.69, 9.17) is 31.5 Å². The van der Waals surface area contributed by atoms with Gasteiger partial charge in [0.25, 0.3) is 0 Å². The molecule has 0 fully saturated rings. The van der Waals surface area contributed by atoms with Gasteiger partial charge in [0.2, 0.25) is 0 Å². The smallest absolute Gasteiger partial charge is 0.165 e. The van der Waals surface area contributed by atoms with Gasteiger partial charge in [-0.3, -0.25) is 9.13 Å². The van der Waals surface area contributed by atoms with Gasteiger partial charge in [0.1, 0.15) is 11.4 Å². The second kappa shape index (κ2) is 29.1. The Balaban J connectivity index is 0.000000121. The first-order chi connectivity index (χ1) is 59.9. The molecule has 0 amide bonds. The standard InChI is InChI=1S/C56H34N4.C40H24ClN3.C17H12.CH4/c1-2-14-40-33-41(26-23-35(40)11-1)36-21-24-39(25-22-36)55-56(58-48-19-9-8-18-47(48)57-55)60-50-32-29-42(34-46(50)54-44-16-6-4-13-38(44)28-31-52(54)60)59-49-20-10-7-17-45(49)53-43-15-5-3-12-37(43)27-30-51(53)59;41-31-20-22-36-33(24-31)38-32-10-4-3-8-27(32)19-21-37(38)44(36)40-39(42-34-11-5-6-12-35(34)43-40)28-16-13-26(14-17-28)30-18-15-25-7-1-2-9-29(25)23-30;1-3-7-15-12(5-1)9-10-14-11-13-6-2-4-8-16(13)17(14)15;/h1-34H;1-24H;1-10H,11H2;1H4. The van der Waals surface area contributed by atoms with Crippen molar-refractivity contribution in [3.63, 3.8) is 0 Å². The molecule has 7 nitrogen and oxygen atoms in total. The Kier molecular flexibility index (Phi) is 17.1. The molecule has 20 aromatic carbocycles. The van der Waals surface area contributed by atoms with Gasteiger partial charge >= 0.3 is 0 Å². The second-order valence-electron chi connectivity index (χ2n) is 31.6. The molecular formula is C114H74ClN7. The zero-order chi connectivity index (χ0) is 79.8. The van der Waals surface area contributed by atoms with Gasteiger partial charge < -0.3 is 4.57 Å². The minimum atomic E-state index is 0. The molecule has 0 aliphatic heterocycles. The number of fused-ring (bicyclic) bond motifs is 24. The lowest BCUT2D eigenvalue weighted by Gasteiger charge is -2.15. The van der Waals surface area contributed by atoms with Crippen LogP contribution >= 0.6 is 11.6 Å². The van der Waals surface area contributed by atoms with Crippen LogP contribution in [0.5, 0.6) is 0 Å². The highest BCUT2D eigenvalue weighted by Crippen LogP contribution is 2.47. The fraction of sp³-hybridized carbons (Fsp3) is 0.0175. The minimum Gasteiger partial charge on any atom is -0.309 e. The lowest BCUT2D eigenvalue weighted by molar-refractivity contribution is 1.08. The van der Waals surface area contributed by atoms with Gasteiger partial charge in [0, 0.05) is 54.2 Å². The van der Waals surface area contributed by atoms with Gasteiger partial charge in [-0.15, -0.1) is 0 Å². The Morgan fingerprint density at radius 3 is 1.10 bits per heavy atom. The summed E-state index contributed by atoms with van der Waals surface area (Å²) in [5.74, 6) is 1.60. The average molecular weight is 1580 g/mol. The Morgan fingerprint density at radius 2 is 0.574 bits per heavy atom. The van der Waals surface area contributed by atoms with Crippen LogP contribution in [-0.4, -0.2) is 33.6 Å². The van der Waals surface area contributed by atoms with Crippen molar-refractivity contribution in [1.29, 1.82) is 0 Å². The molecule has 122 heavy (non-hydrogen) atoms. The SMILES string of the molecule is C.Clc1ccc2c(c1)c1c3ccccc3ccc1n2-c1nc2ccccc2nc1-c1ccc(-c2ccc3ccccc3c2)cc1.c1ccc2c(c1)Cc1ccc3ccccc3c1-2.c1ccc2cc(-c3ccc(-c4nc5ccccc5nc4-n4c5ccc(-n6c7ccccc7c7c8ccccc8ccc76)cc5c5c6ccccc6ccc54)cc3)ccc2c1. The summed E-state index contributed by atoms with van der Waals surface area (Å²) >= 11 is 6.59. The number of halogens is 1. The third kappa shape index (κ3) is 11.9. The third-order valence-electron chi connectivity index (χ3n) is 24.8. The summed E-state index contributed by atoms with van der Waals surface area (Å²) in [4.78, 5) is 21.4. The van der Waals surface area contributed by atoms with Gasteiger partial charge in [0.15, 0.2) is 11.6 Å². The van der Waals surface area contributed by atoms with Gasteiger partial charge in [0.05, 0.1) is 55.2 Å². The average Bonchev–Trinajstić information content (AvgIpc) is 1.55. The molecule has 5 heterocycles. The number of hydrogen-bond donors (Lipinski definition) is 0. The van der Waals surface area contributed by atoms with Crippen LogP contribution in [-0.2, 0) is 6.42 Å². The predicted molar refractivity (Wildman–Crippen MR) is 515 cm³/mol. The number of para-hydroxylation sites is 5. The molecule has 5 aromatic heterocycles. The van der Waals surface area contributed by atoms with Crippen molar-refractivity contribution in [3.05, 3.63) is 429 Å². The molecule has 0 N–H and O–H groups in total. The normalized spacial score (nSPS) is 11.9. The highest BCUT2D eigenvalue weighted by Gasteiger charge is 2.26. The number of rotatable bonds is 7. The molecule has 1 aliphatic rings. The summed E-state index contributed by atoms with van der Waals surface area (Å²) < 4.78 is 7.02. The van der Waals surface area contributed by atoms with Crippen molar-refractivity contribution >= 4 is 164 Å². The molecular weight excluding hydrogens is 1500 g/mol. The van der Waals surface area contributed by atoms with Crippen LogP contribution in [0.1, 0.15) is 18.6 Å². The summed E-state index contributed by atoms with van der Waals surface area (Å²) in [6.45, 7) is 0. The molecule has 8 heteroatoms. The van der Waals surface area contributed by atoms with Crippen LogP contribution in [0, 0.1) is 0 Å². The third-order valence-corrected chi connectivity index (χ3v) is 25.0. The zero-order valence-electron chi connectivity index (χ0n) is 65.5. The largest absolute Gasteiger partial charge is 0.309 e. The lowest BCUT2D eigenvalue weighted by Crippen LogP contribution is -2.04. The first-order valence-electron chi connectivity index (χ1n) is 41.2. The van der Waals surface area contributed by atoms with Crippen LogP contribution in [0.3, 0.4) is 0 Å². The van der Waals surface area contributed by atoms with Gasteiger partial charge in [-0.25, -0.2) is 19.9 Å². The fourth-order valence-corrected chi connectivity index (χ4v) is 19.3. The second-order valence-corrected chi connectivity index (χ2v) is 32.1. The minimum absolute atomic E-state index is 0. The van der Waals surface area contributed by atoms with Crippen LogP contribution < -0.4 is 0 Å². The topological polar surface area (TPSA) is 66.3 Å². The van der Waals surface area contributed by atoms with E-state index < -0.39 is 0 Å². The molecule has 1 aliphatic carbocycles. The summed E-state index contributed by atoms with van der Waals surface area (Å²) in [5.41, 5.74) is 25.4.